The highest BCUT2D eigenvalue weighted by atomic mass is 32.1. The average molecular weight is 444 g/mol. The lowest BCUT2D eigenvalue weighted by molar-refractivity contribution is -0.117. The summed E-state index contributed by atoms with van der Waals surface area (Å²) < 4.78 is 0. The number of nitrogens with one attached hydrogen (secondary N) is 2. The number of nitrogens with zero attached hydrogens (tertiary/aromatic N) is 1. The third-order valence-electron chi connectivity index (χ3n) is 5.96. The van der Waals surface area contributed by atoms with Crippen LogP contribution in [0.2, 0.25) is 0 Å². The number of amides is 1. The summed E-state index contributed by atoms with van der Waals surface area (Å²) >= 11 is 5.70. The zero-order chi connectivity index (χ0) is 22.7. The second-order valence-corrected chi connectivity index (χ2v) is 8.86. The first kappa shape index (κ1) is 22.0. The Morgan fingerprint density at radius 3 is 2.41 bits per heavy atom. The summed E-state index contributed by atoms with van der Waals surface area (Å²) in [7, 11) is 0. The van der Waals surface area contributed by atoms with E-state index in [0.717, 1.165) is 35.5 Å². The molecule has 0 bridgehead atoms. The molecule has 0 aromatic heterocycles. The molecule has 1 aliphatic rings. The minimum Gasteiger partial charge on any atom is -0.352 e. The van der Waals surface area contributed by atoms with Gasteiger partial charge in [-0.05, 0) is 79.9 Å². The molecule has 1 fully saturated rings. The highest BCUT2D eigenvalue weighted by molar-refractivity contribution is 7.80. The molecule has 0 radical (unpaired) electrons. The number of anilines is 2. The number of carbonyl (C=O) groups is 1. The van der Waals surface area contributed by atoms with Crippen molar-refractivity contribution in [3.05, 3.63) is 94.5 Å². The van der Waals surface area contributed by atoms with Gasteiger partial charge in [0.1, 0.15) is 0 Å². The van der Waals surface area contributed by atoms with Gasteiger partial charge in [0.25, 0.3) is 0 Å². The van der Waals surface area contributed by atoms with Crippen molar-refractivity contribution in [2.45, 2.75) is 39.7 Å². The van der Waals surface area contributed by atoms with Gasteiger partial charge in [0.2, 0.25) is 5.91 Å². The summed E-state index contributed by atoms with van der Waals surface area (Å²) in [6, 6.07) is 22.8. The third-order valence-corrected chi connectivity index (χ3v) is 6.18. The van der Waals surface area contributed by atoms with Gasteiger partial charge in [0.15, 0.2) is 5.11 Å². The molecule has 1 atom stereocenters. The fourth-order valence-corrected chi connectivity index (χ4v) is 4.61. The van der Waals surface area contributed by atoms with E-state index in [2.05, 4.69) is 54.8 Å². The Hall–Kier alpha value is -3.18. The second kappa shape index (κ2) is 9.53. The molecule has 0 spiro atoms. The molecule has 1 amide bonds. The lowest BCUT2D eigenvalue weighted by Gasteiger charge is -2.24. The van der Waals surface area contributed by atoms with E-state index in [-0.39, 0.29) is 11.9 Å². The standard InChI is InChI=1S/C27H29N3OS/c1-18-11-13-23(19(2)16-18)26(21-8-5-4-6-9-21)29-27(32)28-22-12-14-24(20(3)17-22)30-15-7-10-25(30)31/h4-6,8-9,11-14,16-17,26H,7,10,15H2,1-3H3,(H2,28,29,32)/t26-/m0/s1. The third kappa shape index (κ3) is 4.83. The van der Waals surface area contributed by atoms with Gasteiger partial charge in [-0.1, -0.05) is 54.1 Å². The van der Waals surface area contributed by atoms with Gasteiger partial charge in [-0.15, -0.1) is 0 Å². The van der Waals surface area contributed by atoms with Crippen LogP contribution in [0.4, 0.5) is 11.4 Å². The van der Waals surface area contributed by atoms with Gasteiger partial charge in [-0.3, -0.25) is 4.79 Å². The van der Waals surface area contributed by atoms with Gasteiger partial charge in [0.05, 0.1) is 6.04 Å². The van der Waals surface area contributed by atoms with Crippen molar-refractivity contribution >= 4 is 34.6 Å². The van der Waals surface area contributed by atoms with E-state index >= 15 is 0 Å². The number of carbonyl (C=O) groups excluding carboxylic acids is 1. The molecule has 164 valence electrons. The van der Waals surface area contributed by atoms with Gasteiger partial charge < -0.3 is 15.5 Å². The normalized spacial score (nSPS) is 14.3. The molecule has 2 N–H and O–H groups in total. The topological polar surface area (TPSA) is 44.4 Å². The summed E-state index contributed by atoms with van der Waals surface area (Å²) in [4.78, 5) is 14.0. The zero-order valence-electron chi connectivity index (χ0n) is 18.8. The quantitative estimate of drug-likeness (QED) is 0.488. The number of benzene rings is 3. The van der Waals surface area contributed by atoms with Crippen LogP contribution in [0.25, 0.3) is 0 Å². The van der Waals surface area contributed by atoms with Crippen LogP contribution >= 0.6 is 12.2 Å². The molecule has 1 saturated heterocycles. The van der Waals surface area contributed by atoms with Crippen LogP contribution in [0.3, 0.4) is 0 Å². The Labute approximate surface area is 195 Å². The molecule has 4 nitrogen and oxygen atoms in total. The van der Waals surface area contributed by atoms with Gasteiger partial charge in [0, 0.05) is 24.3 Å². The Morgan fingerprint density at radius 2 is 1.75 bits per heavy atom. The molecule has 3 aromatic carbocycles. The molecule has 4 rings (SSSR count). The largest absolute Gasteiger partial charge is 0.352 e. The van der Waals surface area contributed by atoms with Crippen LogP contribution in [-0.4, -0.2) is 17.6 Å². The van der Waals surface area contributed by atoms with E-state index in [1.165, 1.54) is 16.7 Å². The molecule has 0 saturated carbocycles. The fraction of sp³-hybridized carbons (Fsp3) is 0.259. The van der Waals surface area contributed by atoms with Crippen LogP contribution in [0.1, 0.15) is 46.7 Å². The lowest BCUT2D eigenvalue weighted by atomic mass is 9.94. The summed E-state index contributed by atoms with van der Waals surface area (Å²) in [5.74, 6) is 0.199. The fourth-order valence-electron chi connectivity index (χ4n) is 4.37. The number of hydrogen-bond donors (Lipinski definition) is 2. The maximum Gasteiger partial charge on any atom is 0.227 e. The molecule has 5 heteroatoms. The molecule has 0 unspecified atom stereocenters. The van der Waals surface area contributed by atoms with Crippen molar-refractivity contribution in [1.29, 1.82) is 0 Å². The van der Waals surface area contributed by atoms with E-state index in [0.29, 0.717) is 11.5 Å². The Balaban J connectivity index is 1.54. The second-order valence-electron chi connectivity index (χ2n) is 8.45. The maximum atomic E-state index is 12.1. The van der Waals surface area contributed by atoms with Crippen molar-refractivity contribution in [1.82, 2.24) is 5.32 Å². The first-order chi connectivity index (χ1) is 15.4. The van der Waals surface area contributed by atoms with Gasteiger partial charge in [-0.25, -0.2) is 0 Å². The van der Waals surface area contributed by atoms with E-state index in [4.69, 9.17) is 12.2 Å². The minimum atomic E-state index is -0.0561. The number of rotatable bonds is 5. The Morgan fingerprint density at radius 1 is 0.969 bits per heavy atom. The Kier molecular flexibility index (Phi) is 6.56. The molecule has 32 heavy (non-hydrogen) atoms. The van der Waals surface area contributed by atoms with Crippen molar-refractivity contribution in [3.8, 4) is 0 Å². The van der Waals surface area contributed by atoms with E-state index in [1.807, 2.05) is 48.2 Å². The average Bonchev–Trinajstić information content (AvgIpc) is 3.19. The minimum absolute atomic E-state index is 0.0561. The first-order valence-corrected chi connectivity index (χ1v) is 11.4. The lowest BCUT2D eigenvalue weighted by Crippen LogP contribution is -2.33. The molecule has 3 aromatic rings. The van der Waals surface area contributed by atoms with Gasteiger partial charge >= 0.3 is 0 Å². The summed E-state index contributed by atoms with van der Waals surface area (Å²) in [5.41, 5.74) is 7.77. The maximum absolute atomic E-state index is 12.1. The monoisotopic (exact) mass is 443 g/mol. The number of thiocarbonyl (C=S) groups is 1. The van der Waals surface area contributed by atoms with Crippen LogP contribution in [0.15, 0.2) is 66.7 Å². The highest BCUT2D eigenvalue weighted by Crippen LogP contribution is 2.28. The Bertz CT molecular complexity index is 1140. The molecule has 0 aliphatic carbocycles. The molecule has 1 aliphatic heterocycles. The number of hydrogen-bond acceptors (Lipinski definition) is 2. The summed E-state index contributed by atoms with van der Waals surface area (Å²) in [5, 5.41) is 7.40. The SMILES string of the molecule is Cc1ccc([C@@H](NC(=S)Nc2ccc(N3CCCC3=O)c(C)c2)c2ccccc2)c(C)c1. The summed E-state index contributed by atoms with van der Waals surface area (Å²) in [6.45, 7) is 7.07. The molecule has 1 heterocycles. The first-order valence-electron chi connectivity index (χ1n) is 11.0. The van der Waals surface area contributed by atoms with Crippen molar-refractivity contribution in [2.24, 2.45) is 0 Å². The molecular weight excluding hydrogens is 414 g/mol. The van der Waals surface area contributed by atoms with Crippen molar-refractivity contribution in [2.75, 3.05) is 16.8 Å². The predicted molar refractivity (Wildman–Crippen MR) is 136 cm³/mol. The smallest absolute Gasteiger partial charge is 0.227 e. The predicted octanol–water partition coefficient (Wildman–Crippen LogP) is 5.81. The van der Waals surface area contributed by atoms with Gasteiger partial charge in [-0.2, -0.15) is 0 Å². The van der Waals surface area contributed by atoms with Crippen LogP contribution in [-0.2, 0) is 4.79 Å². The zero-order valence-corrected chi connectivity index (χ0v) is 19.6. The van der Waals surface area contributed by atoms with E-state index in [9.17, 15) is 4.79 Å². The van der Waals surface area contributed by atoms with Crippen LogP contribution < -0.4 is 15.5 Å². The number of aryl methyl sites for hydroxylation is 3. The highest BCUT2D eigenvalue weighted by Gasteiger charge is 2.23. The molecular formula is C27H29N3OS. The van der Waals surface area contributed by atoms with Crippen LogP contribution in [0.5, 0.6) is 0 Å². The van der Waals surface area contributed by atoms with Crippen molar-refractivity contribution < 1.29 is 4.79 Å². The van der Waals surface area contributed by atoms with Crippen molar-refractivity contribution in [3.63, 3.8) is 0 Å². The van der Waals surface area contributed by atoms with E-state index < -0.39 is 0 Å². The summed E-state index contributed by atoms with van der Waals surface area (Å²) in [6.07, 6.45) is 1.55. The van der Waals surface area contributed by atoms with Crippen LogP contribution in [0, 0.1) is 20.8 Å². The van der Waals surface area contributed by atoms with E-state index in [1.54, 1.807) is 0 Å².